The van der Waals surface area contributed by atoms with E-state index in [2.05, 4.69) is 10.3 Å². The second kappa shape index (κ2) is 4.70. The van der Waals surface area contributed by atoms with Gasteiger partial charge in [-0.15, -0.1) is 0 Å². The molecule has 0 aromatic carbocycles. The van der Waals surface area contributed by atoms with E-state index in [4.69, 9.17) is 9.47 Å². The SMILES string of the molecule is COc1ccc(C(=O)N2CCNC3CC32)c(OC)n1. The molecule has 1 saturated heterocycles. The molecular weight excluding hydrogens is 246 g/mol. The predicted octanol–water partition coefficient (Wildman–Crippen LogP) is 0.285. The molecule has 2 heterocycles. The van der Waals surface area contributed by atoms with E-state index in [-0.39, 0.29) is 5.91 Å². The van der Waals surface area contributed by atoms with Crippen molar-refractivity contribution in [2.45, 2.75) is 18.5 Å². The molecule has 2 aliphatic rings. The maximum absolute atomic E-state index is 12.6. The number of pyridine rings is 1. The predicted molar refractivity (Wildman–Crippen MR) is 68.6 cm³/mol. The Balaban J connectivity index is 1.86. The zero-order valence-electron chi connectivity index (χ0n) is 11.0. The molecule has 0 bridgehead atoms. The van der Waals surface area contributed by atoms with E-state index in [1.807, 2.05) is 4.90 Å². The monoisotopic (exact) mass is 263 g/mol. The lowest BCUT2D eigenvalue weighted by atomic mass is 10.2. The van der Waals surface area contributed by atoms with Crippen molar-refractivity contribution < 1.29 is 14.3 Å². The summed E-state index contributed by atoms with van der Waals surface area (Å²) in [5, 5.41) is 3.38. The van der Waals surface area contributed by atoms with Crippen molar-refractivity contribution in [3.63, 3.8) is 0 Å². The van der Waals surface area contributed by atoms with Crippen LogP contribution < -0.4 is 14.8 Å². The number of nitrogens with zero attached hydrogens (tertiary/aromatic N) is 2. The highest BCUT2D eigenvalue weighted by atomic mass is 16.5. The lowest BCUT2D eigenvalue weighted by Gasteiger charge is -2.27. The van der Waals surface area contributed by atoms with Crippen LogP contribution in [0.3, 0.4) is 0 Å². The number of nitrogens with one attached hydrogen (secondary N) is 1. The van der Waals surface area contributed by atoms with Gasteiger partial charge in [0.25, 0.3) is 5.91 Å². The summed E-state index contributed by atoms with van der Waals surface area (Å²) in [6.07, 6.45) is 1.04. The summed E-state index contributed by atoms with van der Waals surface area (Å²) < 4.78 is 10.2. The third-order valence-electron chi connectivity index (χ3n) is 3.64. The summed E-state index contributed by atoms with van der Waals surface area (Å²) in [5.74, 6) is 0.749. The molecule has 1 aliphatic carbocycles. The summed E-state index contributed by atoms with van der Waals surface area (Å²) in [6.45, 7) is 1.58. The Hall–Kier alpha value is -1.82. The Morgan fingerprint density at radius 2 is 2.26 bits per heavy atom. The lowest BCUT2D eigenvalue weighted by molar-refractivity contribution is 0.0714. The second-order valence-corrected chi connectivity index (χ2v) is 4.77. The van der Waals surface area contributed by atoms with Gasteiger partial charge in [0.15, 0.2) is 0 Å². The van der Waals surface area contributed by atoms with E-state index >= 15 is 0 Å². The van der Waals surface area contributed by atoms with Crippen molar-refractivity contribution >= 4 is 5.91 Å². The lowest BCUT2D eigenvalue weighted by Crippen LogP contribution is -2.46. The summed E-state index contributed by atoms with van der Waals surface area (Å²) in [4.78, 5) is 18.6. The van der Waals surface area contributed by atoms with Gasteiger partial charge in [0.2, 0.25) is 11.8 Å². The van der Waals surface area contributed by atoms with Crippen LogP contribution in [0.1, 0.15) is 16.8 Å². The van der Waals surface area contributed by atoms with Gasteiger partial charge in [0.05, 0.1) is 14.2 Å². The molecular formula is C13H17N3O3. The smallest absolute Gasteiger partial charge is 0.259 e. The molecule has 1 aromatic rings. The molecule has 6 nitrogen and oxygen atoms in total. The first-order valence-corrected chi connectivity index (χ1v) is 6.38. The third-order valence-corrected chi connectivity index (χ3v) is 3.64. The van der Waals surface area contributed by atoms with Crippen LogP contribution in [0.15, 0.2) is 12.1 Å². The molecule has 19 heavy (non-hydrogen) atoms. The van der Waals surface area contributed by atoms with Crippen LogP contribution in [-0.2, 0) is 0 Å². The van der Waals surface area contributed by atoms with E-state index in [1.165, 1.54) is 14.2 Å². The number of methoxy groups -OCH3 is 2. The van der Waals surface area contributed by atoms with Crippen molar-refractivity contribution in [3.8, 4) is 11.8 Å². The van der Waals surface area contributed by atoms with Crippen molar-refractivity contribution in [1.29, 1.82) is 0 Å². The van der Waals surface area contributed by atoms with Crippen LogP contribution in [0.4, 0.5) is 0 Å². The van der Waals surface area contributed by atoms with Gasteiger partial charge in [-0.2, -0.15) is 4.98 Å². The van der Waals surface area contributed by atoms with E-state index in [0.29, 0.717) is 29.4 Å². The van der Waals surface area contributed by atoms with Crippen molar-refractivity contribution in [3.05, 3.63) is 17.7 Å². The molecule has 0 radical (unpaired) electrons. The Bertz CT molecular complexity index is 506. The molecule has 2 unspecified atom stereocenters. The molecule has 3 rings (SSSR count). The first-order chi connectivity index (χ1) is 9.24. The molecule has 2 atom stereocenters. The van der Waals surface area contributed by atoms with Gasteiger partial charge in [0, 0.05) is 31.2 Å². The number of amides is 1. The number of piperazine rings is 1. The average Bonchev–Trinajstić information content (AvgIpc) is 3.25. The highest BCUT2D eigenvalue weighted by Gasteiger charge is 2.46. The number of aromatic nitrogens is 1. The fourth-order valence-electron chi connectivity index (χ4n) is 2.54. The second-order valence-electron chi connectivity index (χ2n) is 4.77. The molecule has 1 aromatic heterocycles. The summed E-state index contributed by atoms with van der Waals surface area (Å²) in [7, 11) is 3.05. The maximum Gasteiger partial charge on any atom is 0.259 e. The molecule has 2 fully saturated rings. The Kier molecular flexibility index (Phi) is 3.02. The van der Waals surface area contributed by atoms with Crippen LogP contribution in [0, 0.1) is 0 Å². The minimum Gasteiger partial charge on any atom is -0.481 e. The van der Waals surface area contributed by atoms with E-state index in [1.54, 1.807) is 12.1 Å². The molecule has 1 saturated carbocycles. The maximum atomic E-state index is 12.6. The van der Waals surface area contributed by atoms with Gasteiger partial charge < -0.3 is 19.7 Å². The highest BCUT2D eigenvalue weighted by Crippen LogP contribution is 2.33. The van der Waals surface area contributed by atoms with E-state index in [0.717, 1.165) is 19.5 Å². The van der Waals surface area contributed by atoms with Crippen LogP contribution in [0.25, 0.3) is 0 Å². The van der Waals surface area contributed by atoms with Gasteiger partial charge >= 0.3 is 0 Å². The quantitative estimate of drug-likeness (QED) is 0.849. The summed E-state index contributed by atoms with van der Waals surface area (Å²) >= 11 is 0. The van der Waals surface area contributed by atoms with Crippen LogP contribution in [0.5, 0.6) is 11.8 Å². The summed E-state index contributed by atoms with van der Waals surface area (Å²) in [5.41, 5.74) is 0.496. The number of hydrogen-bond acceptors (Lipinski definition) is 5. The zero-order chi connectivity index (χ0) is 13.4. The van der Waals surface area contributed by atoms with Crippen LogP contribution in [0.2, 0.25) is 0 Å². The standard InChI is InChI=1S/C13H17N3O3/c1-18-11-4-3-8(12(15-11)19-2)13(17)16-6-5-14-9-7-10(9)16/h3-4,9-10,14H,5-7H2,1-2H3. The van der Waals surface area contributed by atoms with Gasteiger partial charge in [0.1, 0.15) is 5.56 Å². The molecule has 0 spiro atoms. The normalized spacial score (nSPS) is 24.6. The van der Waals surface area contributed by atoms with Gasteiger partial charge in [-0.1, -0.05) is 0 Å². The van der Waals surface area contributed by atoms with Crippen molar-refractivity contribution in [2.24, 2.45) is 0 Å². The molecule has 1 amide bonds. The molecule has 1 aliphatic heterocycles. The number of ether oxygens (including phenoxy) is 2. The average molecular weight is 263 g/mol. The number of carbonyl (C=O) groups excluding carboxylic acids is 1. The highest BCUT2D eigenvalue weighted by molar-refractivity contribution is 5.97. The molecule has 6 heteroatoms. The Morgan fingerprint density at radius 3 is 3.00 bits per heavy atom. The minimum absolute atomic E-state index is 0.0130. The third kappa shape index (κ3) is 2.12. The fraction of sp³-hybridized carbons (Fsp3) is 0.538. The topological polar surface area (TPSA) is 63.7 Å². The van der Waals surface area contributed by atoms with Crippen molar-refractivity contribution in [1.82, 2.24) is 15.2 Å². The largest absolute Gasteiger partial charge is 0.481 e. The first-order valence-electron chi connectivity index (χ1n) is 6.38. The fourth-order valence-corrected chi connectivity index (χ4v) is 2.54. The van der Waals surface area contributed by atoms with Gasteiger partial charge in [-0.25, -0.2) is 0 Å². The van der Waals surface area contributed by atoms with E-state index in [9.17, 15) is 4.79 Å². The zero-order valence-corrected chi connectivity index (χ0v) is 11.0. The number of hydrogen-bond donors (Lipinski definition) is 1. The first kappa shape index (κ1) is 12.2. The Morgan fingerprint density at radius 1 is 1.42 bits per heavy atom. The summed E-state index contributed by atoms with van der Waals surface area (Å²) in [6, 6.07) is 4.19. The van der Waals surface area contributed by atoms with Crippen LogP contribution >= 0.6 is 0 Å². The molecule has 1 N–H and O–H groups in total. The van der Waals surface area contributed by atoms with E-state index < -0.39 is 0 Å². The minimum atomic E-state index is -0.0130. The number of rotatable bonds is 3. The Labute approximate surface area is 111 Å². The van der Waals surface area contributed by atoms with Crippen LogP contribution in [-0.4, -0.2) is 55.2 Å². The molecule has 102 valence electrons. The van der Waals surface area contributed by atoms with Gasteiger partial charge in [-0.05, 0) is 12.5 Å². The number of carbonyl (C=O) groups is 1. The van der Waals surface area contributed by atoms with Crippen molar-refractivity contribution in [2.75, 3.05) is 27.3 Å². The number of fused-ring (bicyclic) bond motifs is 1. The van der Waals surface area contributed by atoms with Gasteiger partial charge in [-0.3, -0.25) is 4.79 Å².